The summed E-state index contributed by atoms with van der Waals surface area (Å²) in [5, 5.41) is 10.1. The number of hydrogen-bond donors (Lipinski definition) is 3. The zero-order valence-electron chi connectivity index (χ0n) is 27.1. The summed E-state index contributed by atoms with van der Waals surface area (Å²) in [6, 6.07) is 24.7. The Morgan fingerprint density at radius 2 is 1.62 bits per heavy atom. The summed E-state index contributed by atoms with van der Waals surface area (Å²) in [5.74, 6) is 0.639. The van der Waals surface area contributed by atoms with Crippen LogP contribution < -0.4 is 16.0 Å². The Balaban J connectivity index is 1.43. The van der Waals surface area contributed by atoms with Crippen LogP contribution in [0, 0.1) is 0 Å². The Hall–Kier alpha value is -4.48. The van der Waals surface area contributed by atoms with Gasteiger partial charge in [0.05, 0.1) is 17.1 Å². The second-order valence-electron chi connectivity index (χ2n) is 12.3. The molecule has 0 aliphatic rings. The zero-order valence-corrected chi connectivity index (χ0v) is 29.5. The number of nitrogens with one attached hydrogen (secondary N) is 3. The van der Waals surface area contributed by atoms with Crippen molar-refractivity contribution in [3.63, 3.8) is 0 Å². The molecule has 11 heteroatoms. The Labute approximate surface area is 287 Å². The first-order valence-corrected chi connectivity index (χ1v) is 16.8. The van der Waals surface area contributed by atoms with Crippen LogP contribution in [-0.4, -0.2) is 32.6 Å². The molecule has 9 nitrogen and oxygen atoms in total. The zero-order chi connectivity index (χ0) is 33.7. The molecule has 3 N–H and O–H groups in total. The second-order valence-corrected chi connectivity index (χ2v) is 14.4. The van der Waals surface area contributed by atoms with Crippen molar-refractivity contribution < 1.29 is 14.3 Å². The van der Waals surface area contributed by atoms with Gasteiger partial charge in [0.25, 0.3) is 5.91 Å². The van der Waals surface area contributed by atoms with Crippen LogP contribution in [-0.2, 0) is 4.74 Å². The number of halogens is 1. The van der Waals surface area contributed by atoms with Gasteiger partial charge in [0.15, 0.2) is 5.65 Å². The highest BCUT2D eigenvalue weighted by atomic mass is 79.9. The van der Waals surface area contributed by atoms with Gasteiger partial charge in [-0.25, -0.2) is 19.7 Å². The van der Waals surface area contributed by atoms with Gasteiger partial charge in [-0.05, 0) is 106 Å². The van der Waals surface area contributed by atoms with Gasteiger partial charge in [0, 0.05) is 31.2 Å². The summed E-state index contributed by atoms with van der Waals surface area (Å²) >= 11 is 4.98. The van der Waals surface area contributed by atoms with E-state index in [1.807, 2.05) is 107 Å². The predicted molar refractivity (Wildman–Crippen MR) is 192 cm³/mol. The lowest BCUT2D eigenvalue weighted by Crippen LogP contribution is -2.27. The van der Waals surface area contributed by atoms with Gasteiger partial charge in [0.2, 0.25) is 0 Å². The number of fused-ring (bicyclic) bond motifs is 1. The number of aromatic nitrogens is 3. The molecular formula is C36H37BrN6O3S. The molecule has 242 valence electrons. The number of rotatable bonds is 9. The first-order valence-electron chi connectivity index (χ1n) is 15.2. The quantitative estimate of drug-likeness (QED) is 0.138. The normalized spacial score (nSPS) is 12.1. The standard InChI is InChI=1S/C36H37BrN6O3S/c1-21(2)29-17-16-28-32(42-29)38-20-39-33(28)43-30-19-24(34(44)40-22(3)23-7-10-25(37)11-8-23)9-18-31(30)47-27-14-12-26(13-15-27)41-35(45)46-36(4,5)6/h7-22H,1-6H3,(H,40,44)(H,41,45)(H,38,39,42,43)/t22-/m0/s1. The summed E-state index contributed by atoms with van der Waals surface area (Å²) < 4.78 is 6.34. The van der Waals surface area contributed by atoms with E-state index in [-0.39, 0.29) is 17.9 Å². The number of ether oxygens (including phenoxy) is 1. The highest BCUT2D eigenvalue weighted by Gasteiger charge is 2.18. The molecule has 0 aliphatic heterocycles. The van der Waals surface area contributed by atoms with E-state index in [0.29, 0.717) is 28.4 Å². The lowest BCUT2D eigenvalue weighted by molar-refractivity contribution is 0.0635. The Morgan fingerprint density at radius 1 is 0.894 bits per heavy atom. The summed E-state index contributed by atoms with van der Waals surface area (Å²) in [6.45, 7) is 11.6. The second kappa shape index (κ2) is 14.5. The summed E-state index contributed by atoms with van der Waals surface area (Å²) in [7, 11) is 0. The molecule has 0 fully saturated rings. The van der Waals surface area contributed by atoms with Crippen molar-refractivity contribution in [3.05, 3.63) is 106 Å². The highest BCUT2D eigenvalue weighted by molar-refractivity contribution is 9.10. The van der Waals surface area contributed by atoms with Crippen LogP contribution in [0.5, 0.6) is 0 Å². The molecule has 0 radical (unpaired) electrons. The van der Waals surface area contributed by atoms with Crippen molar-refractivity contribution in [1.29, 1.82) is 0 Å². The van der Waals surface area contributed by atoms with Crippen molar-refractivity contribution in [2.45, 2.75) is 68.9 Å². The molecule has 5 aromatic rings. The smallest absolute Gasteiger partial charge is 0.412 e. The van der Waals surface area contributed by atoms with Gasteiger partial charge in [-0.3, -0.25) is 10.1 Å². The van der Waals surface area contributed by atoms with E-state index in [9.17, 15) is 9.59 Å². The molecular weight excluding hydrogens is 676 g/mol. The molecule has 3 aromatic carbocycles. The Morgan fingerprint density at radius 3 is 2.30 bits per heavy atom. The van der Waals surface area contributed by atoms with Gasteiger partial charge in [-0.2, -0.15) is 0 Å². The Bertz CT molecular complexity index is 1890. The van der Waals surface area contributed by atoms with E-state index in [1.54, 1.807) is 0 Å². The van der Waals surface area contributed by atoms with E-state index < -0.39 is 11.7 Å². The van der Waals surface area contributed by atoms with E-state index in [0.717, 1.165) is 30.9 Å². The third kappa shape index (κ3) is 9.08. The van der Waals surface area contributed by atoms with Crippen LogP contribution in [0.3, 0.4) is 0 Å². The van der Waals surface area contributed by atoms with E-state index >= 15 is 0 Å². The molecule has 0 unspecified atom stereocenters. The minimum Gasteiger partial charge on any atom is -0.444 e. The molecule has 2 heterocycles. The Kier molecular flexibility index (Phi) is 10.5. The molecule has 1 atom stereocenters. The average Bonchev–Trinajstić information content (AvgIpc) is 3.02. The van der Waals surface area contributed by atoms with Crippen LogP contribution in [0.2, 0.25) is 0 Å². The first kappa shape index (κ1) is 33.9. The average molecular weight is 714 g/mol. The number of anilines is 3. The van der Waals surface area contributed by atoms with Crippen molar-refractivity contribution in [2.24, 2.45) is 0 Å². The number of hydrogen-bond acceptors (Lipinski definition) is 8. The van der Waals surface area contributed by atoms with Crippen LogP contribution in [0.1, 0.15) is 75.1 Å². The van der Waals surface area contributed by atoms with Gasteiger partial charge in [-0.1, -0.05) is 53.7 Å². The SMILES string of the molecule is CC(C)c1ccc2c(Nc3cc(C(=O)N[C@@H](C)c4ccc(Br)cc4)ccc3Sc3ccc(NC(=O)OC(C)(C)C)cc3)ncnc2n1. The molecule has 5 rings (SSSR count). The first-order chi connectivity index (χ1) is 22.3. The monoisotopic (exact) mass is 712 g/mol. The predicted octanol–water partition coefficient (Wildman–Crippen LogP) is 9.64. The molecule has 47 heavy (non-hydrogen) atoms. The number of pyridine rings is 1. The topological polar surface area (TPSA) is 118 Å². The largest absolute Gasteiger partial charge is 0.444 e. The van der Waals surface area contributed by atoms with E-state index in [4.69, 9.17) is 9.72 Å². The minimum atomic E-state index is -0.592. The number of benzene rings is 3. The van der Waals surface area contributed by atoms with Crippen LogP contribution in [0.4, 0.5) is 22.0 Å². The molecule has 0 saturated heterocycles. The highest BCUT2D eigenvalue weighted by Crippen LogP contribution is 2.37. The van der Waals surface area contributed by atoms with Crippen molar-refractivity contribution >= 4 is 67.9 Å². The van der Waals surface area contributed by atoms with E-state index in [1.165, 1.54) is 18.1 Å². The van der Waals surface area contributed by atoms with Crippen LogP contribution in [0.25, 0.3) is 11.0 Å². The lowest BCUT2D eigenvalue weighted by atomic mass is 10.1. The maximum Gasteiger partial charge on any atom is 0.412 e. The summed E-state index contributed by atoms with van der Waals surface area (Å²) in [4.78, 5) is 41.1. The third-order valence-corrected chi connectivity index (χ3v) is 8.66. The van der Waals surface area contributed by atoms with Gasteiger partial charge < -0.3 is 15.4 Å². The number of amides is 2. The fourth-order valence-corrected chi connectivity index (χ4v) is 5.78. The maximum absolute atomic E-state index is 13.5. The lowest BCUT2D eigenvalue weighted by Gasteiger charge is -2.19. The fraction of sp³-hybridized carbons (Fsp3) is 0.250. The van der Waals surface area contributed by atoms with Crippen LogP contribution >= 0.6 is 27.7 Å². The van der Waals surface area contributed by atoms with Crippen molar-refractivity contribution in [2.75, 3.05) is 10.6 Å². The van der Waals surface area contributed by atoms with E-state index in [2.05, 4.69) is 55.7 Å². The molecule has 0 aliphatic carbocycles. The van der Waals surface area contributed by atoms with Crippen molar-refractivity contribution in [3.8, 4) is 0 Å². The van der Waals surface area contributed by atoms with Gasteiger partial charge in [-0.15, -0.1) is 0 Å². The molecule has 0 saturated carbocycles. The summed E-state index contributed by atoms with van der Waals surface area (Å²) in [6.07, 6.45) is 0.973. The van der Waals surface area contributed by atoms with Crippen molar-refractivity contribution in [1.82, 2.24) is 20.3 Å². The molecule has 0 bridgehead atoms. The maximum atomic E-state index is 13.5. The number of carbonyl (C=O) groups is 2. The number of nitrogens with zero attached hydrogens (tertiary/aromatic N) is 3. The van der Waals surface area contributed by atoms with Crippen LogP contribution in [0.15, 0.2) is 99.5 Å². The number of carbonyl (C=O) groups excluding carboxylic acids is 2. The third-order valence-electron chi connectivity index (χ3n) is 7.05. The fourth-order valence-electron chi connectivity index (χ4n) is 4.63. The van der Waals surface area contributed by atoms with Gasteiger partial charge in [0.1, 0.15) is 17.7 Å². The minimum absolute atomic E-state index is 0.194. The molecule has 2 aromatic heterocycles. The molecule has 0 spiro atoms. The molecule has 2 amide bonds. The summed E-state index contributed by atoms with van der Waals surface area (Å²) in [5.41, 5.74) is 3.76. The van der Waals surface area contributed by atoms with Gasteiger partial charge >= 0.3 is 6.09 Å².